The van der Waals surface area contributed by atoms with Crippen LogP contribution in [-0.2, 0) is 0 Å². The molecule has 16 aromatic carbocycles. The highest BCUT2D eigenvalue weighted by Crippen LogP contribution is 2.46. The molecule has 0 amide bonds. The van der Waals surface area contributed by atoms with Crippen molar-refractivity contribution in [2.24, 2.45) is 0 Å². The van der Waals surface area contributed by atoms with Gasteiger partial charge < -0.3 is 18.3 Å². The van der Waals surface area contributed by atoms with Crippen LogP contribution in [0.4, 0.5) is 0 Å². The third-order valence-corrected chi connectivity index (χ3v) is 21.9. The number of aromatic nitrogens is 8. The molecule has 0 radical (unpaired) electrons. The summed E-state index contributed by atoms with van der Waals surface area (Å²) in [5.74, 6) is 1.39. The second-order valence-electron chi connectivity index (χ2n) is 28.4. The molecule has 0 aliphatic heterocycles. The minimum atomic E-state index is 0.692. The summed E-state index contributed by atoms with van der Waals surface area (Å²) in [6.45, 7) is 0. The third kappa shape index (κ3) is 11.3. The molecular weight excluding hydrogens is 1360 g/mol. The Bertz CT molecular complexity index is 7290. The topological polar surface area (TPSA) is 71.3 Å². The van der Waals surface area contributed by atoms with Crippen LogP contribution in [0, 0.1) is 0 Å². The van der Waals surface area contributed by atoms with Gasteiger partial charge in [-0.3, -0.25) is 0 Å². The molecule has 0 saturated carbocycles. The highest BCUT2D eigenvalue weighted by Gasteiger charge is 2.24. The maximum atomic E-state index is 5.25. The van der Waals surface area contributed by atoms with Gasteiger partial charge in [-0.15, -0.1) is 0 Å². The SMILES string of the molecule is c1ccc(-c2cc(-c3ccc(-n4c5ccccc5c5c6c7ccccc7n(-c7ccccc7)c6ccc54)cc3)nc(-c3ccccc3-c3ccccc3)n2)cc1.c1ccc(-c2ccc(-c3cc(-c4ccccc4)nc(-c4ccc(-n5c6ccccc6c6c7c8ccccc8n(-c8ccccc8)c7ccc65)cc4)n3)cc2)cc1. The summed E-state index contributed by atoms with van der Waals surface area (Å²) in [4.78, 5) is 20.7. The summed E-state index contributed by atoms with van der Waals surface area (Å²) in [5, 5.41) is 10.0. The monoisotopic (exact) mass is 1430 g/mol. The van der Waals surface area contributed by atoms with E-state index in [1.165, 1.54) is 98.4 Å². The van der Waals surface area contributed by atoms with Gasteiger partial charge in [-0.2, -0.15) is 0 Å². The van der Waals surface area contributed by atoms with Gasteiger partial charge in [0.2, 0.25) is 0 Å². The molecule has 6 heterocycles. The molecule has 0 saturated heterocycles. The molecule has 0 aliphatic rings. The van der Waals surface area contributed by atoms with Gasteiger partial charge in [0.1, 0.15) is 0 Å². The van der Waals surface area contributed by atoms with Gasteiger partial charge in [-0.25, -0.2) is 19.9 Å². The van der Waals surface area contributed by atoms with Gasteiger partial charge in [0.05, 0.1) is 66.9 Å². The van der Waals surface area contributed by atoms with Gasteiger partial charge in [0, 0.05) is 99.2 Å². The number of rotatable bonds is 12. The minimum Gasteiger partial charge on any atom is -0.309 e. The number of para-hydroxylation sites is 6. The predicted octanol–water partition coefficient (Wildman–Crippen LogP) is 26.7. The molecule has 8 heteroatoms. The van der Waals surface area contributed by atoms with Crippen LogP contribution in [0.5, 0.6) is 0 Å². The Morgan fingerprint density at radius 2 is 0.393 bits per heavy atom. The highest BCUT2D eigenvalue weighted by atomic mass is 15.0. The summed E-state index contributed by atoms with van der Waals surface area (Å²) < 4.78 is 9.58. The first-order valence-corrected chi connectivity index (χ1v) is 38.0. The lowest BCUT2D eigenvalue weighted by atomic mass is 9.98. The van der Waals surface area contributed by atoms with Crippen molar-refractivity contribution in [3.05, 3.63) is 413 Å². The first-order valence-electron chi connectivity index (χ1n) is 38.0. The van der Waals surface area contributed by atoms with Gasteiger partial charge in [0.25, 0.3) is 0 Å². The number of nitrogens with zero attached hydrogens (tertiary/aromatic N) is 8. The maximum absolute atomic E-state index is 5.25. The van der Waals surface area contributed by atoms with Crippen molar-refractivity contribution in [2.75, 3.05) is 0 Å². The third-order valence-electron chi connectivity index (χ3n) is 21.9. The first kappa shape index (κ1) is 65.2. The largest absolute Gasteiger partial charge is 0.309 e. The number of hydrogen-bond acceptors (Lipinski definition) is 4. The molecule has 6 aromatic heterocycles. The van der Waals surface area contributed by atoms with E-state index in [1.807, 2.05) is 24.3 Å². The average molecular weight is 1430 g/mol. The summed E-state index contributed by atoms with van der Waals surface area (Å²) in [7, 11) is 0. The van der Waals surface area contributed by atoms with Gasteiger partial charge >= 0.3 is 0 Å². The smallest absolute Gasteiger partial charge is 0.161 e. The predicted molar refractivity (Wildman–Crippen MR) is 465 cm³/mol. The lowest BCUT2D eigenvalue weighted by Gasteiger charge is -2.13. The zero-order chi connectivity index (χ0) is 74.0. The molecule has 22 rings (SSSR count). The summed E-state index contributed by atoms with van der Waals surface area (Å²) in [5.41, 5.74) is 28.3. The van der Waals surface area contributed by atoms with Crippen molar-refractivity contribution in [3.63, 3.8) is 0 Å². The molecule has 0 spiro atoms. The minimum absolute atomic E-state index is 0.692. The van der Waals surface area contributed by atoms with E-state index in [1.54, 1.807) is 0 Å². The van der Waals surface area contributed by atoms with E-state index in [9.17, 15) is 0 Å². The van der Waals surface area contributed by atoms with E-state index in [0.29, 0.717) is 11.6 Å². The highest BCUT2D eigenvalue weighted by molar-refractivity contribution is 6.30. The Balaban J connectivity index is 0.000000141. The fraction of sp³-hybridized carbons (Fsp3) is 0. The summed E-state index contributed by atoms with van der Waals surface area (Å²) >= 11 is 0. The summed E-state index contributed by atoms with van der Waals surface area (Å²) in [6.07, 6.45) is 0. The Labute approximate surface area is 646 Å². The molecule has 0 fully saturated rings. The second kappa shape index (κ2) is 27.6. The lowest BCUT2D eigenvalue weighted by molar-refractivity contribution is 1.16. The van der Waals surface area contributed by atoms with Crippen LogP contribution in [0.15, 0.2) is 413 Å². The zero-order valence-corrected chi connectivity index (χ0v) is 60.8. The molecule has 0 aliphatic carbocycles. The Morgan fingerprint density at radius 1 is 0.152 bits per heavy atom. The molecule has 8 nitrogen and oxygen atoms in total. The van der Waals surface area contributed by atoms with Crippen LogP contribution in [0.2, 0.25) is 0 Å². The second-order valence-corrected chi connectivity index (χ2v) is 28.4. The van der Waals surface area contributed by atoms with E-state index in [0.717, 1.165) is 90.0 Å². The van der Waals surface area contributed by atoms with E-state index < -0.39 is 0 Å². The van der Waals surface area contributed by atoms with Crippen LogP contribution in [-0.4, -0.2) is 38.2 Å². The average Bonchev–Trinajstić information content (AvgIpc) is 1.55. The Morgan fingerprint density at radius 3 is 0.759 bits per heavy atom. The van der Waals surface area contributed by atoms with E-state index >= 15 is 0 Å². The van der Waals surface area contributed by atoms with Crippen LogP contribution in [0.1, 0.15) is 0 Å². The zero-order valence-electron chi connectivity index (χ0n) is 60.8. The Kier molecular flexibility index (Phi) is 16.1. The van der Waals surface area contributed by atoms with Gasteiger partial charge in [-0.05, 0) is 144 Å². The number of fused-ring (bicyclic) bond motifs is 14. The fourth-order valence-electron chi connectivity index (χ4n) is 16.8. The van der Waals surface area contributed by atoms with Crippen molar-refractivity contribution in [3.8, 4) is 113 Å². The quantitative estimate of drug-likeness (QED) is 0.122. The number of benzene rings is 16. The van der Waals surface area contributed by atoms with Crippen molar-refractivity contribution in [1.82, 2.24) is 38.2 Å². The van der Waals surface area contributed by atoms with E-state index in [-0.39, 0.29) is 0 Å². The normalized spacial score (nSPS) is 11.6. The van der Waals surface area contributed by atoms with E-state index in [2.05, 4.69) is 407 Å². The van der Waals surface area contributed by atoms with E-state index in [4.69, 9.17) is 19.9 Å². The molecular formula is C104H68N8. The van der Waals surface area contributed by atoms with Crippen molar-refractivity contribution in [2.45, 2.75) is 0 Å². The van der Waals surface area contributed by atoms with Crippen LogP contribution in [0.25, 0.3) is 200 Å². The lowest BCUT2D eigenvalue weighted by Crippen LogP contribution is -1.98. The van der Waals surface area contributed by atoms with Crippen LogP contribution < -0.4 is 0 Å². The molecule has 0 atom stereocenters. The van der Waals surface area contributed by atoms with Gasteiger partial charge in [0.15, 0.2) is 11.6 Å². The molecule has 112 heavy (non-hydrogen) atoms. The van der Waals surface area contributed by atoms with Gasteiger partial charge in [-0.1, -0.05) is 291 Å². The number of hydrogen-bond donors (Lipinski definition) is 0. The fourth-order valence-corrected chi connectivity index (χ4v) is 16.8. The maximum Gasteiger partial charge on any atom is 0.161 e. The van der Waals surface area contributed by atoms with Crippen molar-refractivity contribution >= 4 is 87.2 Å². The molecule has 22 aromatic rings. The standard InChI is InChI=1S/2C52H34N4/c1-4-14-35(15-5-1)36-24-26-38(27-25-36)45-34-44(37-16-6-2-7-17-37)53-52(54-45)39-28-30-41(31-29-39)56-47-23-13-11-21-43(47)51-49(56)33-32-48-50(51)42-20-10-12-22-46(42)55(48)40-18-8-3-9-19-40;1-4-16-35(17-5-1)40-22-10-11-23-41(40)52-53-44(36-18-6-2-7-19-36)34-45(54-52)37-28-30-39(31-29-37)56-47-27-15-13-25-43(47)51-49(56)33-32-48-50(51)42-24-12-14-26-46(42)55(48)38-20-8-3-9-21-38/h2*1-34H. The van der Waals surface area contributed by atoms with Crippen molar-refractivity contribution < 1.29 is 0 Å². The molecule has 524 valence electrons. The molecule has 0 bridgehead atoms. The summed E-state index contributed by atoms with van der Waals surface area (Å²) in [6, 6.07) is 146. The van der Waals surface area contributed by atoms with Crippen LogP contribution in [0.3, 0.4) is 0 Å². The van der Waals surface area contributed by atoms with Crippen LogP contribution >= 0.6 is 0 Å². The first-order chi connectivity index (χ1) is 55.6. The van der Waals surface area contributed by atoms with Crippen molar-refractivity contribution in [1.29, 1.82) is 0 Å². The Hall–Kier alpha value is -15.1. The molecule has 0 N–H and O–H groups in total. The molecule has 0 unspecified atom stereocenters.